The summed E-state index contributed by atoms with van der Waals surface area (Å²) in [4.78, 5) is 40.2. The molecule has 0 aliphatic rings. The zero-order valence-corrected chi connectivity index (χ0v) is 13.2. The number of H-pyrrole nitrogens is 1. The Morgan fingerprint density at radius 3 is 2.62 bits per heavy atom. The summed E-state index contributed by atoms with van der Waals surface area (Å²) in [7, 11) is 0. The molecule has 1 aromatic carbocycles. The maximum Gasteiger partial charge on any atom is 0.273 e. The summed E-state index contributed by atoms with van der Waals surface area (Å²) in [5.74, 6) is 0.0366. The minimum atomic E-state index is -0.370. The molecule has 3 rings (SSSR count). The van der Waals surface area contributed by atoms with E-state index >= 15 is 0 Å². The Morgan fingerprint density at radius 1 is 1.17 bits per heavy atom. The second kappa shape index (κ2) is 6.67. The average Bonchev–Trinajstić information content (AvgIpc) is 2.59. The number of aromatic nitrogens is 3. The molecule has 122 valence electrons. The molecule has 0 bridgehead atoms. The van der Waals surface area contributed by atoms with Gasteiger partial charge in [-0.05, 0) is 24.3 Å². The lowest BCUT2D eigenvalue weighted by atomic mass is 10.2. The summed E-state index contributed by atoms with van der Waals surface area (Å²) in [5.41, 5.74) is -0.715. The van der Waals surface area contributed by atoms with Gasteiger partial charge in [-0.1, -0.05) is 23.7 Å². The summed E-state index contributed by atoms with van der Waals surface area (Å²) < 4.78 is 1.14. The summed E-state index contributed by atoms with van der Waals surface area (Å²) in [6.07, 6.45) is 1.43. The number of aromatic amines is 1. The first kappa shape index (κ1) is 15.9. The highest BCUT2D eigenvalue weighted by molar-refractivity contribution is 6.30. The van der Waals surface area contributed by atoms with Gasteiger partial charge in [-0.15, -0.1) is 0 Å². The van der Waals surface area contributed by atoms with E-state index < -0.39 is 0 Å². The molecule has 1 amide bonds. The quantitative estimate of drug-likeness (QED) is 0.753. The largest absolute Gasteiger partial charge is 0.311 e. The number of fused-ring (bicyclic) bond motifs is 1. The fraction of sp³-hybridized carbons (Fsp3) is 0.125. The molecule has 0 saturated carbocycles. The van der Waals surface area contributed by atoms with Crippen LogP contribution in [0.25, 0.3) is 10.8 Å². The second-order valence-electron chi connectivity index (χ2n) is 5.10. The molecule has 2 aromatic heterocycles. The number of amides is 1. The fourth-order valence-electron chi connectivity index (χ4n) is 2.27. The van der Waals surface area contributed by atoms with Crippen molar-refractivity contribution in [1.29, 1.82) is 0 Å². The Hall–Kier alpha value is -2.93. The fourth-order valence-corrected chi connectivity index (χ4v) is 2.38. The average molecular weight is 345 g/mol. The number of benzene rings is 1. The Balaban J connectivity index is 1.75. The number of rotatable bonds is 4. The van der Waals surface area contributed by atoms with Gasteiger partial charge in [0.2, 0.25) is 5.91 Å². The number of hydrogen-bond acceptors (Lipinski definition) is 4. The Bertz CT molecular complexity index is 1010. The normalized spacial score (nSPS) is 10.7. The van der Waals surface area contributed by atoms with Crippen LogP contribution < -0.4 is 16.4 Å². The highest BCUT2D eigenvalue weighted by Crippen LogP contribution is 2.09. The molecule has 0 atom stereocenters. The van der Waals surface area contributed by atoms with E-state index in [1.54, 1.807) is 36.4 Å². The molecule has 2 heterocycles. The van der Waals surface area contributed by atoms with Gasteiger partial charge in [0.15, 0.2) is 0 Å². The molecule has 0 radical (unpaired) electrons. The predicted octanol–water partition coefficient (Wildman–Crippen LogP) is 1.77. The number of pyridine rings is 1. The van der Waals surface area contributed by atoms with Crippen molar-refractivity contribution in [3.63, 3.8) is 0 Å². The van der Waals surface area contributed by atoms with Crippen LogP contribution in [0.1, 0.15) is 6.42 Å². The maximum absolute atomic E-state index is 12.3. The van der Waals surface area contributed by atoms with Crippen molar-refractivity contribution in [2.24, 2.45) is 0 Å². The summed E-state index contributed by atoms with van der Waals surface area (Å²) in [5, 5.41) is 6.19. The molecule has 3 aromatic rings. The third kappa shape index (κ3) is 3.36. The van der Waals surface area contributed by atoms with Gasteiger partial charge in [0.25, 0.3) is 11.1 Å². The number of aryl methyl sites for hydroxylation is 1. The zero-order chi connectivity index (χ0) is 17.1. The molecule has 0 aliphatic carbocycles. The second-order valence-corrected chi connectivity index (χ2v) is 5.54. The van der Waals surface area contributed by atoms with Crippen molar-refractivity contribution >= 4 is 34.1 Å². The number of hydrogen-bond donors (Lipinski definition) is 2. The topological polar surface area (TPSA) is 96.9 Å². The van der Waals surface area contributed by atoms with E-state index in [1.165, 1.54) is 6.20 Å². The van der Waals surface area contributed by atoms with E-state index in [9.17, 15) is 14.4 Å². The van der Waals surface area contributed by atoms with E-state index in [0.717, 1.165) is 4.68 Å². The molecule has 7 nitrogen and oxygen atoms in total. The molecule has 0 fully saturated rings. The van der Waals surface area contributed by atoms with Crippen molar-refractivity contribution in [1.82, 2.24) is 14.8 Å². The SMILES string of the molecule is O=C(CCn1[nH]c(=O)c2ccccc2c1=O)Nc1ccc(Cl)cn1. The van der Waals surface area contributed by atoms with Gasteiger partial charge in [-0.25, -0.2) is 9.67 Å². The van der Waals surface area contributed by atoms with Crippen LogP contribution in [0.4, 0.5) is 5.82 Å². The lowest BCUT2D eigenvalue weighted by Gasteiger charge is -2.07. The van der Waals surface area contributed by atoms with Crippen LogP contribution in [0.15, 0.2) is 52.2 Å². The van der Waals surface area contributed by atoms with Gasteiger partial charge in [0.1, 0.15) is 5.82 Å². The van der Waals surface area contributed by atoms with Crippen molar-refractivity contribution in [3.8, 4) is 0 Å². The van der Waals surface area contributed by atoms with E-state index in [-0.39, 0.29) is 30.0 Å². The summed E-state index contributed by atoms with van der Waals surface area (Å²) >= 11 is 5.72. The van der Waals surface area contributed by atoms with Crippen LogP contribution in [0, 0.1) is 0 Å². The van der Waals surface area contributed by atoms with Crippen molar-refractivity contribution in [3.05, 3.63) is 68.3 Å². The van der Waals surface area contributed by atoms with Gasteiger partial charge in [-0.3, -0.25) is 19.5 Å². The highest BCUT2D eigenvalue weighted by Gasteiger charge is 2.09. The number of anilines is 1. The summed E-state index contributed by atoms with van der Waals surface area (Å²) in [6.45, 7) is 0.0539. The predicted molar refractivity (Wildman–Crippen MR) is 91.3 cm³/mol. The van der Waals surface area contributed by atoms with E-state index in [1.807, 2.05) is 0 Å². The van der Waals surface area contributed by atoms with Gasteiger partial charge >= 0.3 is 0 Å². The number of carbonyl (C=O) groups is 1. The molecule has 0 aliphatic heterocycles. The Kier molecular flexibility index (Phi) is 4.43. The lowest BCUT2D eigenvalue weighted by molar-refractivity contribution is -0.116. The number of nitrogens with zero attached hydrogens (tertiary/aromatic N) is 2. The van der Waals surface area contributed by atoms with Gasteiger partial charge in [0.05, 0.1) is 22.3 Å². The van der Waals surface area contributed by atoms with Gasteiger partial charge in [0, 0.05) is 12.6 Å². The van der Waals surface area contributed by atoms with Crippen LogP contribution in [0.5, 0.6) is 0 Å². The number of carbonyl (C=O) groups excluding carboxylic acids is 1. The first-order chi connectivity index (χ1) is 11.5. The minimum Gasteiger partial charge on any atom is -0.311 e. The van der Waals surface area contributed by atoms with E-state index in [4.69, 9.17) is 11.6 Å². The van der Waals surface area contributed by atoms with Crippen LogP contribution >= 0.6 is 11.6 Å². The Labute approximate surface area is 140 Å². The van der Waals surface area contributed by atoms with Crippen LogP contribution in [-0.4, -0.2) is 20.7 Å². The molecular weight excluding hydrogens is 332 g/mol. The van der Waals surface area contributed by atoms with Crippen LogP contribution in [0.3, 0.4) is 0 Å². The van der Waals surface area contributed by atoms with Crippen molar-refractivity contribution < 1.29 is 4.79 Å². The first-order valence-corrected chi connectivity index (χ1v) is 7.55. The van der Waals surface area contributed by atoms with Crippen LogP contribution in [0.2, 0.25) is 5.02 Å². The first-order valence-electron chi connectivity index (χ1n) is 7.18. The molecule has 0 spiro atoms. The van der Waals surface area contributed by atoms with Crippen molar-refractivity contribution in [2.45, 2.75) is 13.0 Å². The standard InChI is InChI=1S/C16H13ClN4O3/c17-10-5-6-13(18-9-10)19-14(22)7-8-21-16(24)12-4-2-1-3-11(12)15(23)20-21/h1-6,9H,7-8H2,(H,20,23)(H,18,19,22). The molecule has 0 unspecified atom stereocenters. The van der Waals surface area contributed by atoms with E-state index in [0.29, 0.717) is 21.6 Å². The van der Waals surface area contributed by atoms with Crippen LogP contribution in [-0.2, 0) is 11.3 Å². The highest BCUT2D eigenvalue weighted by atomic mass is 35.5. The van der Waals surface area contributed by atoms with Gasteiger partial charge < -0.3 is 5.32 Å². The number of nitrogens with one attached hydrogen (secondary N) is 2. The third-order valence-corrected chi connectivity index (χ3v) is 3.66. The monoisotopic (exact) mass is 344 g/mol. The lowest BCUT2D eigenvalue weighted by Crippen LogP contribution is -2.31. The number of halogens is 1. The minimum absolute atomic E-state index is 0.0124. The summed E-state index contributed by atoms with van der Waals surface area (Å²) in [6, 6.07) is 9.72. The van der Waals surface area contributed by atoms with Gasteiger partial charge in [-0.2, -0.15) is 0 Å². The van der Waals surface area contributed by atoms with Crippen molar-refractivity contribution in [2.75, 3.05) is 5.32 Å². The molecule has 8 heteroatoms. The molecule has 24 heavy (non-hydrogen) atoms. The zero-order valence-electron chi connectivity index (χ0n) is 12.5. The molecular formula is C16H13ClN4O3. The molecule has 0 saturated heterocycles. The smallest absolute Gasteiger partial charge is 0.273 e. The van der Waals surface area contributed by atoms with E-state index in [2.05, 4.69) is 15.4 Å². The maximum atomic E-state index is 12.3. The third-order valence-electron chi connectivity index (χ3n) is 3.44. The molecule has 2 N–H and O–H groups in total. The Morgan fingerprint density at radius 2 is 1.92 bits per heavy atom.